The summed E-state index contributed by atoms with van der Waals surface area (Å²) in [6.07, 6.45) is 14.4. The highest BCUT2D eigenvalue weighted by atomic mass is 32.2. The standard InChI is InChI=1S/C11H18O3S.C5H5N/c1-2-3-5-8-11(15(12,13)14)9-6-4-7-10-11;1-2-4-6-5-3-1/h4,6-7,9H,2-3,5,8,10H2,1H3,(H,12,13,14);1-5H/p+1. The van der Waals surface area contributed by atoms with Gasteiger partial charge in [-0.1, -0.05) is 56.6 Å². The van der Waals surface area contributed by atoms with Crippen LogP contribution in [0.3, 0.4) is 0 Å². The molecule has 1 atom stereocenters. The van der Waals surface area contributed by atoms with E-state index in [0.717, 1.165) is 19.3 Å². The molecule has 0 saturated carbocycles. The molecule has 0 fully saturated rings. The molecule has 1 aliphatic rings. The van der Waals surface area contributed by atoms with Crippen LogP contribution in [0.15, 0.2) is 54.9 Å². The van der Waals surface area contributed by atoms with Crippen molar-refractivity contribution in [2.45, 2.75) is 43.8 Å². The molecule has 1 unspecified atom stereocenters. The van der Waals surface area contributed by atoms with Gasteiger partial charge >= 0.3 is 0 Å². The average molecular weight is 310 g/mol. The molecular formula is C16H24NO3S+. The number of hydrogen-bond donors (Lipinski definition) is 1. The van der Waals surface area contributed by atoms with E-state index in [9.17, 15) is 13.0 Å². The fraction of sp³-hybridized carbons (Fsp3) is 0.438. The molecule has 1 aliphatic carbocycles. The minimum absolute atomic E-state index is 0.381. The molecule has 21 heavy (non-hydrogen) atoms. The summed E-state index contributed by atoms with van der Waals surface area (Å²) in [6.45, 7) is 2.07. The Labute approximate surface area is 127 Å². The molecule has 2 N–H and O–H groups in total. The van der Waals surface area contributed by atoms with Crippen LogP contribution in [0, 0.1) is 0 Å². The average Bonchev–Trinajstić information content (AvgIpc) is 2.50. The summed E-state index contributed by atoms with van der Waals surface area (Å²) in [5.41, 5.74) is 0. The maximum Gasteiger partial charge on any atom is 0.274 e. The van der Waals surface area contributed by atoms with E-state index < -0.39 is 14.9 Å². The number of aromatic nitrogens is 1. The summed E-state index contributed by atoms with van der Waals surface area (Å²) >= 11 is 0. The van der Waals surface area contributed by atoms with Gasteiger partial charge in [-0.25, -0.2) is 4.98 Å². The van der Waals surface area contributed by atoms with Crippen molar-refractivity contribution in [2.24, 2.45) is 0 Å². The third-order valence-corrected chi connectivity index (χ3v) is 4.97. The first-order chi connectivity index (χ1) is 10.0. The van der Waals surface area contributed by atoms with E-state index in [4.69, 9.17) is 0 Å². The summed E-state index contributed by atoms with van der Waals surface area (Å²) < 4.78 is 31.0. The molecule has 0 radical (unpaired) electrons. The van der Waals surface area contributed by atoms with E-state index in [-0.39, 0.29) is 0 Å². The Morgan fingerprint density at radius 1 is 1.14 bits per heavy atom. The largest absolute Gasteiger partial charge is 0.285 e. The lowest BCUT2D eigenvalue weighted by atomic mass is 9.93. The summed E-state index contributed by atoms with van der Waals surface area (Å²) in [4.78, 5) is 2.89. The van der Waals surface area contributed by atoms with Crippen molar-refractivity contribution in [1.82, 2.24) is 0 Å². The van der Waals surface area contributed by atoms with Crippen LogP contribution in [0.1, 0.15) is 39.0 Å². The van der Waals surface area contributed by atoms with Crippen LogP contribution < -0.4 is 4.98 Å². The van der Waals surface area contributed by atoms with Crippen molar-refractivity contribution in [1.29, 1.82) is 0 Å². The highest BCUT2D eigenvalue weighted by Gasteiger charge is 2.39. The Balaban J connectivity index is 0.000000304. The number of unbranched alkanes of at least 4 members (excludes halogenated alkanes) is 2. The molecule has 0 bridgehead atoms. The van der Waals surface area contributed by atoms with Crippen LogP contribution in [0.4, 0.5) is 0 Å². The van der Waals surface area contributed by atoms with Crippen molar-refractivity contribution in [3.63, 3.8) is 0 Å². The van der Waals surface area contributed by atoms with Crippen LogP contribution >= 0.6 is 0 Å². The third-order valence-electron chi connectivity index (χ3n) is 3.43. The van der Waals surface area contributed by atoms with Gasteiger partial charge in [-0.15, -0.1) is 0 Å². The first kappa shape index (κ1) is 17.6. The predicted molar refractivity (Wildman–Crippen MR) is 84.3 cm³/mol. The van der Waals surface area contributed by atoms with Crippen LogP contribution in [0.5, 0.6) is 0 Å². The van der Waals surface area contributed by atoms with Crippen molar-refractivity contribution in [2.75, 3.05) is 0 Å². The number of nitrogens with one attached hydrogen (secondary N) is 1. The Morgan fingerprint density at radius 3 is 2.24 bits per heavy atom. The highest BCUT2D eigenvalue weighted by molar-refractivity contribution is 7.87. The molecule has 0 saturated heterocycles. The van der Waals surface area contributed by atoms with E-state index in [2.05, 4.69) is 11.9 Å². The minimum atomic E-state index is -4.01. The molecule has 0 amide bonds. The van der Waals surface area contributed by atoms with Crippen molar-refractivity contribution < 1.29 is 18.0 Å². The lowest BCUT2D eigenvalue weighted by Gasteiger charge is -2.27. The van der Waals surface area contributed by atoms with Gasteiger partial charge in [-0.05, 0) is 12.8 Å². The smallest absolute Gasteiger partial charge is 0.274 e. The first-order valence-corrected chi connectivity index (χ1v) is 8.68. The van der Waals surface area contributed by atoms with E-state index in [1.54, 1.807) is 18.2 Å². The van der Waals surface area contributed by atoms with E-state index in [1.807, 2.05) is 36.7 Å². The second-order valence-electron chi connectivity index (χ2n) is 5.07. The molecule has 2 rings (SSSR count). The zero-order chi connectivity index (χ0) is 15.6. The van der Waals surface area contributed by atoms with Gasteiger partial charge in [-0.2, -0.15) is 8.42 Å². The number of allylic oxidation sites excluding steroid dienone is 3. The number of H-pyrrole nitrogens is 1. The summed E-state index contributed by atoms with van der Waals surface area (Å²) in [7, 11) is -4.01. The van der Waals surface area contributed by atoms with Crippen molar-refractivity contribution in [3.8, 4) is 0 Å². The van der Waals surface area contributed by atoms with E-state index >= 15 is 0 Å². The Kier molecular flexibility index (Phi) is 7.32. The molecule has 0 aliphatic heterocycles. The van der Waals surface area contributed by atoms with Crippen LogP contribution in [-0.2, 0) is 10.1 Å². The maximum atomic E-state index is 11.4. The molecule has 1 heterocycles. The number of pyridine rings is 1. The normalized spacial score (nSPS) is 20.7. The fourth-order valence-corrected chi connectivity index (χ4v) is 3.13. The van der Waals surface area contributed by atoms with Gasteiger partial charge in [-0.3, -0.25) is 4.55 Å². The second-order valence-corrected chi connectivity index (χ2v) is 6.83. The van der Waals surface area contributed by atoms with E-state index in [1.165, 1.54) is 0 Å². The van der Waals surface area contributed by atoms with Gasteiger partial charge in [0, 0.05) is 12.1 Å². The molecule has 5 heteroatoms. The molecular weight excluding hydrogens is 286 g/mol. The van der Waals surface area contributed by atoms with E-state index in [0.29, 0.717) is 12.8 Å². The van der Waals surface area contributed by atoms with Crippen LogP contribution in [-0.4, -0.2) is 17.7 Å². The molecule has 4 nitrogen and oxygen atoms in total. The van der Waals surface area contributed by atoms with Crippen LogP contribution in [0.25, 0.3) is 0 Å². The molecule has 116 valence electrons. The Morgan fingerprint density at radius 2 is 1.86 bits per heavy atom. The molecule has 1 aromatic rings. The zero-order valence-electron chi connectivity index (χ0n) is 12.4. The lowest BCUT2D eigenvalue weighted by Crippen LogP contribution is -2.36. The van der Waals surface area contributed by atoms with Crippen molar-refractivity contribution in [3.05, 3.63) is 54.9 Å². The lowest BCUT2D eigenvalue weighted by molar-refractivity contribution is -0.377. The number of aromatic amines is 1. The molecule has 0 aromatic carbocycles. The van der Waals surface area contributed by atoms with Gasteiger partial charge in [0.15, 0.2) is 12.4 Å². The van der Waals surface area contributed by atoms with Gasteiger partial charge in [0.2, 0.25) is 0 Å². The second kappa shape index (κ2) is 8.74. The predicted octanol–water partition coefficient (Wildman–Crippen LogP) is 3.21. The van der Waals surface area contributed by atoms with Gasteiger partial charge in [0.25, 0.3) is 10.1 Å². The number of hydrogen-bond acceptors (Lipinski definition) is 2. The SMILES string of the molecule is CCCCCC1(S(=O)(=O)O)C=CC=CC1.c1cc[nH+]cc1. The van der Waals surface area contributed by atoms with Crippen molar-refractivity contribution >= 4 is 10.1 Å². The quantitative estimate of drug-likeness (QED) is 0.670. The van der Waals surface area contributed by atoms with Gasteiger partial charge in [0.05, 0.1) is 0 Å². The van der Waals surface area contributed by atoms with Gasteiger partial charge < -0.3 is 0 Å². The zero-order valence-corrected chi connectivity index (χ0v) is 13.2. The number of rotatable bonds is 5. The third kappa shape index (κ3) is 5.81. The first-order valence-electron chi connectivity index (χ1n) is 7.24. The monoisotopic (exact) mass is 310 g/mol. The molecule has 1 aromatic heterocycles. The Bertz CT molecular complexity index is 525. The summed E-state index contributed by atoms with van der Waals surface area (Å²) in [6, 6.07) is 5.86. The maximum absolute atomic E-state index is 11.4. The summed E-state index contributed by atoms with van der Waals surface area (Å²) in [5, 5.41) is 0. The van der Waals surface area contributed by atoms with Gasteiger partial charge in [0.1, 0.15) is 4.75 Å². The summed E-state index contributed by atoms with van der Waals surface area (Å²) in [5.74, 6) is 0. The topological polar surface area (TPSA) is 68.5 Å². The highest BCUT2D eigenvalue weighted by Crippen LogP contribution is 2.32. The minimum Gasteiger partial charge on any atom is -0.285 e. The molecule has 0 spiro atoms. The fourth-order valence-electron chi connectivity index (χ4n) is 2.17. The Hall–Kier alpha value is -1.46. The van der Waals surface area contributed by atoms with Crippen LogP contribution in [0.2, 0.25) is 0 Å².